The van der Waals surface area contributed by atoms with Crippen LogP contribution in [-0.2, 0) is 19.1 Å². The van der Waals surface area contributed by atoms with Gasteiger partial charge >= 0.3 is 11.9 Å². The van der Waals surface area contributed by atoms with E-state index >= 15 is 0 Å². The molecule has 98 valence electrons. The molecule has 0 radical (unpaired) electrons. The van der Waals surface area contributed by atoms with Crippen molar-refractivity contribution in [3.8, 4) is 0 Å². The number of unbranched alkanes of at least 4 members (excludes halogenated alkanes) is 1. The van der Waals surface area contributed by atoms with Crippen LogP contribution in [0, 0.1) is 0 Å². The molecule has 0 amide bonds. The molecule has 0 aliphatic carbocycles. The van der Waals surface area contributed by atoms with E-state index in [9.17, 15) is 14.4 Å². The number of carbonyl (C=O) groups is 3. The van der Waals surface area contributed by atoms with Crippen LogP contribution in [0.15, 0.2) is 10.2 Å². The average molecular weight is 248 g/mol. The summed E-state index contributed by atoms with van der Waals surface area (Å²) in [6.07, 6.45) is 2.08. The van der Waals surface area contributed by atoms with E-state index in [0.717, 1.165) is 12.8 Å². The maximum Gasteiger partial charge on any atom is 0.327 e. The Morgan fingerprint density at radius 2 is 1.88 bits per heavy atom. The van der Waals surface area contributed by atoms with Crippen molar-refractivity contribution < 1.29 is 29.3 Å². The van der Waals surface area contributed by atoms with Crippen LogP contribution in [0.5, 0.6) is 0 Å². The molecule has 0 rings (SSSR count). The van der Waals surface area contributed by atoms with E-state index in [-0.39, 0.29) is 13.2 Å². The van der Waals surface area contributed by atoms with Crippen molar-refractivity contribution >= 4 is 18.4 Å². The quantitative estimate of drug-likeness (QED) is 0.373. The van der Waals surface area contributed by atoms with E-state index in [1.54, 1.807) is 0 Å². The Labute approximate surface area is 98.3 Å². The van der Waals surface area contributed by atoms with Crippen molar-refractivity contribution in [1.29, 1.82) is 0 Å². The summed E-state index contributed by atoms with van der Waals surface area (Å²) in [6, 6.07) is 0. The van der Waals surface area contributed by atoms with Crippen LogP contribution in [0.3, 0.4) is 0 Å². The monoisotopic (exact) mass is 248 g/mol. The summed E-state index contributed by atoms with van der Waals surface area (Å²) in [5.41, 5.74) is 0. The minimum absolute atomic E-state index is 0.208. The lowest BCUT2D eigenvalue weighted by molar-refractivity contribution is -0.137. The lowest BCUT2D eigenvalue weighted by Crippen LogP contribution is -1.98. The molecular weight excluding hydrogens is 232 g/mol. The number of hydrogen-bond acceptors (Lipinski definition) is 6. The fourth-order valence-corrected chi connectivity index (χ4v) is 0.543. The summed E-state index contributed by atoms with van der Waals surface area (Å²) in [7, 11) is 0. The number of carbonyl (C=O) groups excluding carboxylic acids is 1. The Bertz CT molecular complexity index is 254. The highest BCUT2D eigenvalue weighted by Gasteiger charge is 1.91. The Kier molecular flexibility index (Phi) is 14.3. The number of aliphatic carboxylic acids is 2. The van der Waals surface area contributed by atoms with Gasteiger partial charge in [0.1, 0.15) is 0 Å². The minimum atomic E-state index is -1.07. The standard InChI is InChI=1S/C5H10O2.C4H6N2O4/c1-2-3-4-5(6)7;7-3-10-2-6-5-1-4(8)9/h2-4H2,1H3,(H,6,7);3H,1-2H2,(H,8,9). The highest BCUT2D eigenvalue weighted by Crippen LogP contribution is 1.91. The molecule has 0 aliphatic rings. The van der Waals surface area contributed by atoms with Gasteiger partial charge in [0, 0.05) is 6.42 Å². The normalized spacial score (nSPS) is 9.24. The molecule has 0 fully saturated rings. The second kappa shape index (κ2) is 14.0. The predicted octanol–water partition coefficient (Wildman–Crippen LogP) is 0.915. The molecule has 17 heavy (non-hydrogen) atoms. The van der Waals surface area contributed by atoms with Crippen LogP contribution in [0.2, 0.25) is 0 Å². The Balaban J connectivity index is 0. The topological polar surface area (TPSA) is 126 Å². The van der Waals surface area contributed by atoms with Gasteiger partial charge in [0.2, 0.25) is 6.73 Å². The number of azo groups is 1. The first-order valence-electron chi connectivity index (χ1n) is 4.86. The van der Waals surface area contributed by atoms with Crippen molar-refractivity contribution in [2.75, 3.05) is 13.3 Å². The van der Waals surface area contributed by atoms with Gasteiger partial charge in [-0.25, -0.2) is 0 Å². The highest BCUT2D eigenvalue weighted by molar-refractivity contribution is 5.69. The Morgan fingerprint density at radius 1 is 1.24 bits per heavy atom. The van der Waals surface area contributed by atoms with Crippen LogP contribution in [0.25, 0.3) is 0 Å². The van der Waals surface area contributed by atoms with Crippen molar-refractivity contribution in [1.82, 2.24) is 0 Å². The number of hydrogen-bond donors (Lipinski definition) is 2. The Morgan fingerprint density at radius 3 is 2.24 bits per heavy atom. The highest BCUT2D eigenvalue weighted by atomic mass is 16.5. The molecular formula is C9H16N2O6. The maximum absolute atomic E-state index is 9.77. The number of ether oxygens (including phenoxy) is 1. The SMILES string of the molecule is CCCCC(=O)O.O=COCN=NCC(=O)O. The molecule has 0 unspecified atom stereocenters. The van der Waals surface area contributed by atoms with Gasteiger partial charge in [-0.05, 0) is 6.42 Å². The second-order valence-electron chi connectivity index (χ2n) is 2.72. The zero-order chi connectivity index (χ0) is 13.5. The fraction of sp³-hybridized carbons (Fsp3) is 0.667. The van der Waals surface area contributed by atoms with Gasteiger partial charge in [-0.1, -0.05) is 13.3 Å². The molecule has 0 aliphatic heterocycles. The molecule has 0 spiro atoms. The van der Waals surface area contributed by atoms with Gasteiger partial charge in [0.15, 0.2) is 6.54 Å². The molecule has 0 aromatic carbocycles. The third-order valence-electron chi connectivity index (χ3n) is 1.25. The van der Waals surface area contributed by atoms with Crippen molar-refractivity contribution in [2.45, 2.75) is 26.2 Å². The average Bonchev–Trinajstić information content (AvgIpc) is 2.26. The fourth-order valence-electron chi connectivity index (χ4n) is 0.543. The molecule has 0 heterocycles. The third kappa shape index (κ3) is 24.9. The third-order valence-corrected chi connectivity index (χ3v) is 1.25. The summed E-state index contributed by atoms with van der Waals surface area (Å²) in [5.74, 6) is -1.77. The molecule has 0 aromatic heterocycles. The van der Waals surface area contributed by atoms with Gasteiger partial charge in [-0.3, -0.25) is 14.4 Å². The molecule has 0 saturated carbocycles. The van der Waals surface area contributed by atoms with Crippen LogP contribution < -0.4 is 0 Å². The number of carboxylic acid groups (broad SMARTS) is 2. The van der Waals surface area contributed by atoms with Gasteiger partial charge in [0.05, 0.1) is 0 Å². The van der Waals surface area contributed by atoms with E-state index < -0.39 is 18.5 Å². The molecule has 8 nitrogen and oxygen atoms in total. The summed E-state index contributed by atoms with van der Waals surface area (Å²) in [5, 5.41) is 22.4. The van der Waals surface area contributed by atoms with Gasteiger partial charge < -0.3 is 14.9 Å². The first kappa shape index (κ1) is 17.4. The predicted molar refractivity (Wildman–Crippen MR) is 56.5 cm³/mol. The molecule has 0 bridgehead atoms. The summed E-state index contributed by atoms with van der Waals surface area (Å²) >= 11 is 0. The van der Waals surface area contributed by atoms with Crippen molar-refractivity contribution in [3.63, 3.8) is 0 Å². The van der Waals surface area contributed by atoms with E-state index in [4.69, 9.17) is 10.2 Å². The summed E-state index contributed by atoms with van der Waals surface area (Å²) in [6.45, 7) is 1.56. The number of carboxylic acids is 2. The van der Waals surface area contributed by atoms with E-state index in [0.29, 0.717) is 6.42 Å². The Hall–Kier alpha value is -1.99. The molecule has 2 N–H and O–H groups in total. The van der Waals surface area contributed by atoms with Crippen molar-refractivity contribution in [3.05, 3.63) is 0 Å². The molecule has 0 saturated heterocycles. The second-order valence-corrected chi connectivity index (χ2v) is 2.72. The van der Waals surface area contributed by atoms with E-state index in [2.05, 4.69) is 15.0 Å². The number of rotatable bonds is 8. The minimum Gasteiger partial charge on any atom is -0.481 e. The van der Waals surface area contributed by atoms with Crippen LogP contribution in [-0.4, -0.2) is 41.9 Å². The van der Waals surface area contributed by atoms with Gasteiger partial charge in [0.25, 0.3) is 6.47 Å². The van der Waals surface area contributed by atoms with E-state index in [1.807, 2.05) is 6.92 Å². The first-order chi connectivity index (χ1) is 8.04. The smallest absolute Gasteiger partial charge is 0.327 e. The lowest BCUT2D eigenvalue weighted by Gasteiger charge is -1.86. The molecule has 0 atom stereocenters. The summed E-state index contributed by atoms with van der Waals surface area (Å²) < 4.78 is 4.08. The van der Waals surface area contributed by atoms with Crippen LogP contribution in [0.4, 0.5) is 0 Å². The zero-order valence-corrected chi connectivity index (χ0v) is 9.53. The van der Waals surface area contributed by atoms with Gasteiger partial charge in [-0.2, -0.15) is 10.2 Å². The first-order valence-corrected chi connectivity index (χ1v) is 4.86. The van der Waals surface area contributed by atoms with Crippen LogP contribution >= 0.6 is 0 Å². The largest absolute Gasteiger partial charge is 0.481 e. The van der Waals surface area contributed by atoms with Crippen molar-refractivity contribution in [2.24, 2.45) is 10.2 Å². The summed E-state index contributed by atoms with van der Waals surface area (Å²) in [4.78, 5) is 29.0. The maximum atomic E-state index is 9.77. The van der Waals surface area contributed by atoms with Crippen LogP contribution in [0.1, 0.15) is 26.2 Å². The molecule has 8 heteroatoms. The molecule has 0 aromatic rings. The van der Waals surface area contributed by atoms with Gasteiger partial charge in [-0.15, -0.1) is 0 Å². The lowest BCUT2D eigenvalue weighted by atomic mass is 10.3. The number of nitrogens with zero attached hydrogens (tertiary/aromatic N) is 2. The van der Waals surface area contributed by atoms with E-state index in [1.165, 1.54) is 0 Å². The zero-order valence-electron chi connectivity index (χ0n) is 9.53.